The molecule has 94 valence electrons. The second kappa shape index (κ2) is 4.49. The van der Waals surface area contributed by atoms with Crippen LogP contribution in [-0.4, -0.2) is 26.7 Å². The van der Waals surface area contributed by atoms with E-state index in [1.807, 2.05) is 4.57 Å². The van der Waals surface area contributed by atoms with Gasteiger partial charge in [-0.15, -0.1) is 0 Å². The van der Waals surface area contributed by atoms with Crippen molar-refractivity contribution < 1.29 is 9.90 Å². The second-order valence-corrected chi connectivity index (χ2v) is 5.10. The number of aliphatic carboxylic acids is 1. The Bertz CT molecular complexity index is 427. The first-order valence-electron chi connectivity index (χ1n) is 6.00. The van der Waals surface area contributed by atoms with Crippen molar-refractivity contribution in [2.75, 3.05) is 0 Å². The number of nitrogens with zero attached hydrogens (tertiary/aromatic N) is 2. The molecule has 1 aliphatic carbocycles. The van der Waals surface area contributed by atoms with Gasteiger partial charge < -0.3 is 15.4 Å². The summed E-state index contributed by atoms with van der Waals surface area (Å²) in [7, 11) is 0. The Labute approximate surface area is 101 Å². The molecule has 0 bridgehead atoms. The fraction of sp³-hybridized carbons (Fsp3) is 0.667. The van der Waals surface area contributed by atoms with Crippen LogP contribution in [0.3, 0.4) is 0 Å². The molecule has 0 aliphatic heterocycles. The lowest BCUT2D eigenvalue weighted by molar-refractivity contribution is -0.138. The third-order valence-electron chi connectivity index (χ3n) is 3.75. The van der Waals surface area contributed by atoms with Crippen molar-refractivity contribution in [1.82, 2.24) is 9.55 Å². The van der Waals surface area contributed by atoms with E-state index in [9.17, 15) is 4.79 Å². The highest BCUT2D eigenvalue weighted by molar-refractivity contribution is 5.72. The Morgan fingerprint density at radius 1 is 1.59 bits per heavy atom. The zero-order valence-electron chi connectivity index (χ0n) is 10.3. The van der Waals surface area contributed by atoms with Crippen molar-refractivity contribution in [1.29, 1.82) is 0 Å². The minimum absolute atomic E-state index is 0.304. The molecule has 1 aliphatic rings. The van der Waals surface area contributed by atoms with E-state index in [2.05, 4.69) is 18.8 Å². The number of carboxylic acid groups (broad SMARTS) is 1. The normalized spacial score (nSPS) is 25.4. The van der Waals surface area contributed by atoms with Gasteiger partial charge in [-0.05, 0) is 24.7 Å². The molecular formula is C12H19N3O2. The molecule has 1 heterocycles. The summed E-state index contributed by atoms with van der Waals surface area (Å²) in [5.74, 6) is 0.280. The number of aromatic nitrogens is 2. The van der Waals surface area contributed by atoms with Crippen molar-refractivity contribution in [3.63, 3.8) is 0 Å². The van der Waals surface area contributed by atoms with E-state index < -0.39 is 12.0 Å². The molecule has 2 unspecified atom stereocenters. The maximum absolute atomic E-state index is 10.8. The molecule has 1 aromatic rings. The Morgan fingerprint density at radius 3 is 2.88 bits per heavy atom. The highest BCUT2D eigenvalue weighted by atomic mass is 16.4. The van der Waals surface area contributed by atoms with Gasteiger partial charge in [0.2, 0.25) is 0 Å². The summed E-state index contributed by atoms with van der Waals surface area (Å²) >= 11 is 0. The Kier molecular flexibility index (Phi) is 3.19. The number of carbonyl (C=O) groups is 1. The van der Waals surface area contributed by atoms with Crippen LogP contribution in [0.5, 0.6) is 0 Å². The predicted molar refractivity (Wildman–Crippen MR) is 63.6 cm³/mol. The lowest BCUT2D eigenvalue weighted by atomic mass is 9.82. The van der Waals surface area contributed by atoms with Gasteiger partial charge in [-0.2, -0.15) is 0 Å². The molecule has 17 heavy (non-hydrogen) atoms. The summed E-state index contributed by atoms with van der Waals surface area (Å²) in [4.78, 5) is 15.1. The molecule has 0 radical (unpaired) electrons. The van der Waals surface area contributed by atoms with Gasteiger partial charge in [0.15, 0.2) is 0 Å². The molecule has 3 N–H and O–H groups in total. The summed E-state index contributed by atoms with van der Waals surface area (Å²) in [6.07, 6.45) is 3.66. The van der Waals surface area contributed by atoms with Crippen molar-refractivity contribution >= 4 is 5.97 Å². The largest absolute Gasteiger partial charge is 0.480 e. The van der Waals surface area contributed by atoms with E-state index in [1.165, 1.54) is 0 Å². The molecule has 0 fully saturated rings. The summed E-state index contributed by atoms with van der Waals surface area (Å²) in [6.45, 7) is 4.76. The summed E-state index contributed by atoms with van der Waals surface area (Å²) < 4.78 is 1.90. The quantitative estimate of drug-likeness (QED) is 0.809. The third kappa shape index (κ3) is 2.34. The number of nitrogens with two attached hydrogens (primary N) is 1. The van der Waals surface area contributed by atoms with Gasteiger partial charge in [0.1, 0.15) is 6.04 Å². The number of hydrogen-bond donors (Lipinski definition) is 2. The van der Waals surface area contributed by atoms with E-state index in [-0.39, 0.29) is 0 Å². The van der Waals surface area contributed by atoms with E-state index in [1.54, 1.807) is 6.33 Å². The highest BCUT2D eigenvalue weighted by Gasteiger charge is 2.26. The van der Waals surface area contributed by atoms with Crippen LogP contribution >= 0.6 is 0 Å². The van der Waals surface area contributed by atoms with Crippen molar-refractivity contribution in [3.8, 4) is 0 Å². The van der Waals surface area contributed by atoms with E-state index in [0.717, 1.165) is 24.2 Å². The SMILES string of the molecule is CC1Cc2ncn(C[C@@H](N)C(=O)O)c2CC1C. The molecule has 1 aromatic heterocycles. The Balaban J connectivity index is 2.19. The van der Waals surface area contributed by atoms with E-state index in [4.69, 9.17) is 10.8 Å². The molecule has 3 atom stereocenters. The van der Waals surface area contributed by atoms with Gasteiger partial charge in [-0.3, -0.25) is 4.79 Å². The number of imidazole rings is 1. The summed E-state index contributed by atoms with van der Waals surface area (Å²) in [5.41, 5.74) is 7.82. The fourth-order valence-electron chi connectivity index (χ4n) is 2.31. The molecule has 5 nitrogen and oxygen atoms in total. The first-order valence-corrected chi connectivity index (χ1v) is 6.00. The van der Waals surface area contributed by atoms with Crippen LogP contribution in [0.4, 0.5) is 0 Å². The first-order chi connectivity index (χ1) is 7.99. The van der Waals surface area contributed by atoms with Crippen molar-refractivity contribution in [3.05, 3.63) is 17.7 Å². The maximum Gasteiger partial charge on any atom is 0.322 e. The van der Waals surface area contributed by atoms with Crippen LogP contribution < -0.4 is 5.73 Å². The molecule has 0 aromatic carbocycles. The predicted octanol–water partition coefficient (Wildman–Crippen LogP) is 0.666. The van der Waals surface area contributed by atoms with Crippen LogP contribution in [0, 0.1) is 11.8 Å². The molecule has 0 amide bonds. The van der Waals surface area contributed by atoms with Crippen molar-refractivity contribution in [2.45, 2.75) is 39.3 Å². The molecule has 5 heteroatoms. The average molecular weight is 237 g/mol. The highest BCUT2D eigenvalue weighted by Crippen LogP contribution is 2.28. The zero-order chi connectivity index (χ0) is 12.6. The van der Waals surface area contributed by atoms with E-state index >= 15 is 0 Å². The Morgan fingerprint density at radius 2 is 2.24 bits per heavy atom. The lowest BCUT2D eigenvalue weighted by Gasteiger charge is -2.26. The number of fused-ring (bicyclic) bond motifs is 1. The molecule has 0 saturated carbocycles. The van der Waals surface area contributed by atoms with Crippen LogP contribution in [0.25, 0.3) is 0 Å². The minimum atomic E-state index is -0.968. The lowest BCUT2D eigenvalue weighted by Crippen LogP contribution is -2.35. The smallest absolute Gasteiger partial charge is 0.322 e. The zero-order valence-corrected chi connectivity index (χ0v) is 10.3. The molecule has 0 saturated heterocycles. The number of carboxylic acids is 1. The van der Waals surface area contributed by atoms with Crippen LogP contribution in [0.1, 0.15) is 25.2 Å². The summed E-state index contributed by atoms with van der Waals surface area (Å²) in [6, 6.07) is -0.858. The first kappa shape index (κ1) is 12.1. The third-order valence-corrected chi connectivity index (χ3v) is 3.75. The van der Waals surface area contributed by atoms with Gasteiger partial charge in [-0.1, -0.05) is 13.8 Å². The van der Waals surface area contributed by atoms with Crippen LogP contribution in [0.15, 0.2) is 6.33 Å². The molecule has 0 spiro atoms. The monoisotopic (exact) mass is 237 g/mol. The van der Waals surface area contributed by atoms with Crippen LogP contribution in [0.2, 0.25) is 0 Å². The number of hydrogen-bond acceptors (Lipinski definition) is 3. The van der Waals surface area contributed by atoms with E-state index in [0.29, 0.717) is 18.4 Å². The van der Waals surface area contributed by atoms with Crippen molar-refractivity contribution in [2.24, 2.45) is 17.6 Å². The second-order valence-electron chi connectivity index (χ2n) is 5.10. The summed E-state index contributed by atoms with van der Waals surface area (Å²) in [5, 5.41) is 8.82. The minimum Gasteiger partial charge on any atom is -0.480 e. The fourth-order valence-corrected chi connectivity index (χ4v) is 2.31. The van der Waals surface area contributed by atoms with Gasteiger partial charge in [0, 0.05) is 12.2 Å². The van der Waals surface area contributed by atoms with Crippen LogP contribution in [-0.2, 0) is 24.2 Å². The standard InChI is InChI=1S/C12H19N3O2/c1-7-3-10-11(4-8(7)2)15(6-14-10)5-9(13)12(16)17/h6-9H,3-5,13H2,1-2H3,(H,16,17)/t7?,8?,9-/m1/s1. The number of rotatable bonds is 3. The maximum atomic E-state index is 10.8. The van der Waals surface area contributed by atoms with Gasteiger partial charge in [-0.25, -0.2) is 4.98 Å². The van der Waals surface area contributed by atoms with Gasteiger partial charge in [0.05, 0.1) is 12.0 Å². The average Bonchev–Trinajstić information content (AvgIpc) is 2.62. The molecule has 2 rings (SSSR count). The topological polar surface area (TPSA) is 81.1 Å². The van der Waals surface area contributed by atoms with Gasteiger partial charge >= 0.3 is 5.97 Å². The Hall–Kier alpha value is -1.36. The molecular weight excluding hydrogens is 218 g/mol. The van der Waals surface area contributed by atoms with Gasteiger partial charge in [0.25, 0.3) is 0 Å².